The molecular weight excluding hydrogens is 216 g/mol. The first-order valence-electron chi connectivity index (χ1n) is 4.38. The van der Waals surface area contributed by atoms with E-state index in [1.54, 1.807) is 18.2 Å². The van der Waals surface area contributed by atoms with Crippen LogP contribution in [0, 0.1) is 0 Å². The van der Waals surface area contributed by atoms with Crippen LogP contribution in [0.3, 0.4) is 0 Å². The Bertz CT molecular complexity index is 380. The fraction of sp³-hybridized carbons (Fsp3) is 0.300. The normalized spacial score (nSPS) is 12.3. The molecule has 1 aromatic carbocycles. The highest BCUT2D eigenvalue weighted by Gasteiger charge is 2.15. The highest BCUT2D eigenvalue weighted by atomic mass is 35.5. The van der Waals surface area contributed by atoms with Gasteiger partial charge in [-0.05, 0) is 17.7 Å². The van der Waals surface area contributed by atoms with E-state index < -0.39 is 12.0 Å². The number of carboxylic acids is 1. The Kier molecular flexibility index (Phi) is 3.55. The van der Waals surface area contributed by atoms with Gasteiger partial charge < -0.3 is 15.7 Å². The van der Waals surface area contributed by atoms with E-state index in [-0.39, 0.29) is 0 Å². The molecule has 0 bridgehead atoms. The van der Waals surface area contributed by atoms with Crippen LogP contribution >= 0.6 is 11.6 Å². The van der Waals surface area contributed by atoms with Gasteiger partial charge in [0.25, 0.3) is 0 Å². The smallest absolute Gasteiger partial charge is 0.325 e. The number of aliphatic carboxylic acids is 1. The Balaban J connectivity index is 3.06. The van der Waals surface area contributed by atoms with Crippen molar-refractivity contribution in [3.05, 3.63) is 28.8 Å². The standard InChI is InChI=1S/C10H13ClN2O2/c1-13(2)8-4-3-6(5-7(8)11)9(12)10(14)15/h3-5,9H,12H2,1-2H3,(H,14,15). The SMILES string of the molecule is CN(C)c1ccc(C(N)C(=O)O)cc1Cl. The number of carbonyl (C=O) groups is 1. The van der Waals surface area contributed by atoms with E-state index in [0.717, 1.165) is 5.69 Å². The van der Waals surface area contributed by atoms with Crippen molar-refractivity contribution in [3.63, 3.8) is 0 Å². The third-order valence-corrected chi connectivity index (χ3v) is 2.38. The van der Waals surface area contributed by atoms with Crippen molar-refractivity contribution < 1.29 is 9.90 Å². The molecule has 4 nitrogen and oxygen atoms in total. The lowest BCUT2D eigenvalue weighted by molar-refractivity contribution is -0.138. The first-order chi connectivity index (χ1) is 6.93. The van der Waals surface area contributed by atoms with Gasteiger partial charge in [-0.25, -0.2) is 0 Å². The van der Waals surface area contributed by atoms with Gasteiger partial charge in [0.05, 0.1) is 10.7 Å². The molecule has 5 heteroatoms. The lowest BCUT2D eigenvalue weighted by Gasteiger charge is -2.16. The second-order valence-corrected chi connectivity index (χ2v) is 3.83. The molecule has 1 unspecified atom stereocenters. The Morgan fingerprint density at radius 1 is 1.53 bits per heavy atom. The third kappa shape index (κ3) is 2.61. The molecule has 15 heavy (non-hydrogen) atoms. The summed E-state index contributed by atoms with van der Waals surface area (Å²) in [5.41, 5.74) is 6.79. The Hall–Kier alpha value is -1.26. The fourth-order valence-electron chi connectivity index (χ4n) is 1.22. The molecular formula is C10H13ClN2O2. The summed E-state index contributed by atoms with van der Waals surface area (Å²) in [4.78, 5) is 12.5. The number of rotatable bonds is 3. The van der Waals surface area contributed by atoms with Crippen LogP contribution in [0.15, 0.2) is 18.2 Å². The highest BCUT2D eigenvalue weighted by molar-refractivity contribution is 6.33. The van der Waals surface area contributed by atoms with E-state index in [4.69, 9.17) is 22.4 Å². The van der Waals surface area contributed by atoms with Crippen LogP contribution in [0.2, 0.25) is 5.02 Å². The summed E-state index contributed by atoms with van der Waals surface area (Å²) in [6.45, 7) is 0. The van der Waals surface area contributed by atoms with Gasteiger partial charge in [0.15, 0.2) is 0 Å². The van der Waals surface area contributed by atoms with Gasteiger partial charge in [0.1, 0.15) is 6.04 Å². The van der Waals surface area contributed by atoms with Gasteiger partial charge in [-0.2, -0.15) is 0 Å². The first kappa shape index (κ1) is 11.8. The molecule has 0 spiro atoms. The van der Waals surface area contributed by atoms with Crippen molar-refractivity contribution in [2.75, 3.05) is 19.0 Å². The number of benzene rings is 1. The minimum atomic E-state index is -1.07. The molecule has 0 radical (unpaired) electrons. The van der Waals surface area contributed by atoms with E-state index >= 15 is 0 Å². The Morgan fingerprint density at radius 3 is 2.53 bits per heavy atom. The predicted octanol–water partition coefficient (Wildman–Crippen LogP) is 1.49. The number of hydrogen-bond donors (Lipinski definition) is 2. The summed E-state index contributed by atoms with van der Waals surface area (Å²) < 4.78 is 0. The second kappa shape index (κ2) is 4.51. The second-order valence-electron chi connectivity index (χ2n) is 3.42. The quantitative estimate of drug-likeness (QED) is 0.823. The molecule has 0 saturated heterocycles. The van der Waals surface area contributed by atoms with Gasteiger partial charge in [-0.15, -0.1) is 0 Å². The largest absolute Gasteiger partial charge is 0.480 e. The zero-order valence-corrected chi connectivity index (χ0v) is 9.32. The topological polar surface area (TPSA) is 66.6 Å². The van der Waals surface area contributed by atoms with Crippen LogP contribution in [0.5, 0.6) is 0 Å². The summed E-state index contributed by atoms with van der Waals surface area (Å²) in [7, 11) is 3.72. The van der Waals surface area contributed by atoms with E-state index in [9.17, 15) is 4.79 Å². The molecule has 0 fully saturated rings. The molecule has 0 amide bonds. The zero-order valence-electron chi connectivity index (χ0n) is 8.57. The molecule has 82 valence electrons. The highest BCUT2D eigenvalue weighted by Crippen LogP contribution is 2.27. The number of carboxylic acid groups (broad SMARTS) is 1. The number of nitrogens with two attached hydrogens (primary N) is 1. The molecule has 3 N–H and O–H groups in total. The summed E-state index contributed by atoms with van der Waals surface area (Å²) in [6.07, 6.45) is 0. The number of halogens is 1. The molecule has 0 heterocycles. The Morgan fingerprint density at radius 2 is 2.13 bits per heavy atom. The summed E-state index contributed by atoms with van der Waals surface area (Å²) in [5.74, 6) is -1.07. The Labute approximate surface area is 93.2 Å². The molecule has 1 aromatic rings. The maximum atomic E-state index is 10.7. The lowest BCUT2D eigenvalue weighted by Crippen LogP contribution is -2.20. The minimum absolute atomic E-state index is 0.495. The number of hydrogen-bond acceptors (Lipinski definition) is 3. The van der Waals surface area contributed by atoms with Crippen LogP contribution in [0.25, 0.3) is 0 Å². The molecule has 0 aromatic heterocycles. The average molecular weight is 229 g/mol. The van der Waals surface area contributed by atoms with Crippen molar-refractivity contribution in [2.45, 2.75) is 6.04 Å². The van der Waals surface area contributed by atoms with Gasteiger partial charge in [0.2, 0.25) is 0 Å². The van der Waals surface area contributed by atoms with E-state index in [1.807, 2.05) is 19.0 Å². The average Bonchev–Trinajstić information content (AvgIpc) is 2.15. The minimum Gasteiger partial charge on any atom is -0.480 e. The number of anilines is 1. The monoisotopic (exact) mass is 228 g/mol. The third-order valence-electron chi connectivity index (χ3n) is 2.08. The van der Waals surface area contributed by atoms with Gasteiger partial charge in [0, 0.05) is 14.1 Å². The zero-order chi connectivity index (χ0) is 11.6. The van der Waals surface area contributed by atoms with Crippen molar-refractivity contribution in [2.24, 2.45) is 5.73 Å². The van der Waals surface area contributed by atoms with Crippen LogP contribution < -0.4 is 10.6 Å². The van der Waals surface area contributed by atoms with E-state index in [0.29, 0.717) is 10.6 Å². The van der Waals surface area contributed by atoms with E-state index in [2.05, 4.69) is 0 Å². The van der Waals surface area contributed by atoms with Crippen molar-refractivity contribution in [1.29, 1.82) is 0 Å². The molecule has 0 aliphatic carbocycles. The van der Waals surface area contributed by atoms with Crippen LogP contribution in [0.1, 0.15) is 11.6 Å². The van der Waals surface area contributed by atoms with Gasteiger partial charge in [-0.3, -0.25) is 4.79 Å². The fourth-order valence-corrected chi connectivity index (χ4v) is 1.58. The summed E-state index contributed by atoms with van der Waals surface area (Å²) in [5, 5.41) is 9.22. The van der Waals surface area contributed by atoms with Gasteiger partial charge >= 0.3 is 5.97 Å². The summed E-state index contributed by atoms with van der Waals surface area (Å²) in [6, 6.07) is 3.97. The van der Waals surface area contributed by atoms with Crippen molar-refractivity contribution >= 4 is 23.3 Å². The molecule has 0 aliphatic heterocycles. The van der Waals surface area contributed by atoms with E-state index in [1.165, 1.54) is 0 Å². The lowest BCUT2D eigenvalue weighted by atomic mass is 10.1. The predicted molar refractivity (Wildman–Crippen MR) is 60.3 cm³/mol. The van der Waals surface area contributed by atoms with Crippen LogP contribution in [0.4, 0.5) is 5.69 Å². The summed E-state index contributed by atoms with van der Waals surface area (Å²) >= 11 is 5.98. The maximum absolute atomic E-state index is 10.7. The molecule has 0 aliphatic rings. The first-order valence-corrected chi connectivity index (χ1v) is 4.76. The maximum Gasteiger partial charge on any atom is 0.325 e. The van der Waals surface area contributed by atoms with Crippen molar-refractivity contribution in [3.8, 4) is 0 Å². The molecule has 1 atom stereocenters. The number of nitrogens with zero attached hydrogens (tertiary/aromatic N) is 1. The van der Waals surface area contributed by atoms with Gasteiger partial charge in [-0.1, -0.05) is 17.7 Å². The molecule has 1 rings (SSSR count). The van der Waals surface area contributed by atoms with Crippen LogP contribution in [-0.4, -0.2) is 25.2 Å². The molecule has 0 saturated carbocycles. The van der Waals surface area contributed by atoms with Crippen LogP contribution in [-0.2, 0) is 4.79 Å². The van der Waals surface area contributed by atoms with Crippen molar-refractivity contribution in [1.82, 2.24) is 0 Å².